The highest BCUT2D eigenvalue weighted by molar-refractivity contribution is 5.92. The minimum Gasteiger partial charge on any atom is -0.441 e. The summed E-state index contributed by atoms with van der Waals surface area (Å²) in [5.74, 6) is 0.551. The predicted molar refractivity (Wildman–Crippen MR) is 80.1 cm³/mol. The molecule has 0 spiro atoms. The Morgan fingerprint density at radius 1 is 1.24 bits per heavy atom. The molecule has 1 aromatic carbocycles. The Bertz CT molecular complexity index is 808. The van der Waals surface area contributed by atoms with Gasteiger partial charge in [-0.25, -0.2) is 4.98 Å². The van der Waals surface area contributed by atoms with Crippen molar-refractivity contribution in [2.24, 2.45) is 0 Å². The van der Waals surface area contributed by atoms with Crippen LogP contribution in [0.3, 0.4) is 0 Å². The lowest BCUT2D eigenvalue weighted by Gasteiger charge is -2.05. The summed E-state index contributed by atoms with van der Waals surface area (Å²) in [4.78, 5) is 20.4. The normalized spacial score (nSPS) is 10.8. The lowest BCUT2D eigenvalue weighted by Crippen LogP contribution is -2.14. The van der Waals surface area contributed by atoms with E-state index in [0.29, 0.717) is 11.5 Å². The first-order valence-corrected chi connectivity index (χ1v) is 6.69. The molecule has 3 aromatic rings. The first-order valence-electron chi connectivity index (χ1n) is 6.69. The number of fused-ring (bicyclic) bond motifs is 1. The minimum absolute atomic E-state index is 0.0730. The molecule has 106 valence electrons. The molecule has 3 rings (SSSR count). The van der Waals surface area contributed by atoms with Crippen LogP contribution in [-0.4, -0.2) is 15.9 Å². The number of aromatic nitrogens is 2. The van der Waals surface area contributed by atoms with Crippen LogP contribution in [0.1, 0.15) is 17.1 Å². The van der Waals surface area contributed by atoms with E-state index in [1.54, 1.807) is 19.2 Å². The molecule has 2 heterocycles. The third kappa shape index (κ3) is 3.08. The van der Waals surface area contributed by atoms with Gasteiger partial charge in [0.1, 0.15) is 5.52 Å². The number of hydrogen-bond donors (Lipinski definition) is 1. The van der Waals surface area contributed by atoms with Crippen LogP contribution in [0.25, 0.3) is 11.1 Å². The van der Waals surface area contributed by atoms with Crippen LogP contribution in [0.5, 0.6) is 0 Å². The Kier molecular flexibility index (Phi) is 3.39. The van der Waals surface area contributed by atoms with Gasteiger partial charge in [0.15, 0.2) is 11.5 Å². The number of aryl methyl sites for hydroxylation is 2. The fraction of sp³-hybridized carbons (Fsp3) is 0.188. The summed E-state index contributed by atoms with van der Waals surface area (Å²) in [5.41, 5.74) is 4.02. The first kappa shape index (κ1) is 13.3. The van der Waals surface area contributed by atoms with E-state index in [1.807, 2.05) is 31.2 Å². The molecule has 2 aromatic heterocycles. The largest absolute Gasteiger partial charge is 0.441 e. The SMILES string of the molecule is Cc1cc(NC(=O)Cc2ccc3nc(C)oc3c2)ccn1. The number of amides is 1. The molecule has 0 bridgehead atoms. The molecule has 0 atom stereocenters. The number of carbonyl (C=O) groups excluding carboxylic acids is 1. The van der Waals surface area contributed by atoms with Gasteiger partial charge in [-0.2, -0.15) is 0 Å². The maximum absolute atomic E-state index is 12.1. The second-order valence-electron chi connectivity index (χ2n) is 4.95. The quantitative estimate of drug-likeness (QED) is 0.801. The summed E-state index contributed by atoms with van der Waals surface area (Å²) in [6, 6.07) is 9.22. The summed E-state index contributed by atoms with van der Waals surface area (Å²) in [6.07, 6.45) is 1.96. The molecule has 0 radical (unpaired) electrons. The predicted octanol–water partition coefficient (Wildman–Crippen LogP) is 3.02. The summed E-state index contributed by atoms with van der Waals surface area (Å²) in [5, 5.41) is 2.86. The summed E-state index contributed by atoms with van der Waals surface area (Å²) in [7, 11) is 0. The molecule has 1 N–H and O–H groups in total. The van der Waals surface area contributed by atoms with E-state index in [2.05, 4.69) is 15.3 Å². The van der Waals surface area contributed by atoms with Gasteiger partial charge in [0.25, 0.3) is 0 Å². The van der Waals surface area contributed by atoms with Gasteiger partial charge in [-0.05, 0) is 36.8 Å². The maximum atomic E-state index is 12.1. The first-order chi connectivity index (χ1) is 10.1. The van der Waals surface area contributed by atoms with Gasteiger partial charge in [-0.3, -0.25) is 9.78 Å². The van der Waals surface area contributed by atoms with Crippen molar-refractivity contribution in [3.63, 3.8) is 0 Å². The van der Waals surface area contributed by atoms with Crippen LogP contribution in [-0.2, 0) is 11.2 Å². The van der Waals surface area contributed by atoms with Gasteiger partial charge in [-0.15, -0.1) is 0 Å². The molecule has 0 saturated heterocycles. The van der Waals surface area contributed by atoms with Crippen molar-refractivity contribution in [2.75, 3.05) is 5.32 Å². The monoisotopic (exact) mass is 281 g/mol. The summed E-state index contributed by atoms with van der Waals surface area (Å²) < 4.78 is 5.47. The van der Waals surface area contributed by atoms with E-state index in [0.717, 1.165) is 22.5 Å². The highest BCUT2D eigenvalue weighted by Crippen LogP contribution is 2.17. The van der Waals surface area contributed by atoms with Crippen molar-refractivity contribution in [3.05, 3.63) is 53.7 Å². The number of anilines is 1. The van der Waals surface area contributed by atoms with Gasteiger partial charge in [0.05, 0.1) is 6.42 Å². The lowest BCUT2D eigenvalue weighted by molar-refractivity contribution is -0.115. The van der Waals surface area contributed by atoms with Crippen molar-refractivity contribution < 1.29 is 9.21 Å². The van der Waals surface area contributed by atoms with Gasteiger partial charge >= 0.3 is 0 Å². The van der Waals surface area contributed by atoms with E-state index in [9.17, 15) is 4.79 Å². The molecule has 5 heteroatoms. The van der Waals surface area contributed by atoms with E-state index in [1.165, 1.54) is 0 Å². The van der Waals surface area contributed by atoms with Crippen LogP contribution >= 0.6 is 0 Å². The number of carbonyl (C=O) groups is 1. The zero-order valence-electron chi connectivity index (χ0n) is 11.9. The summed E-state index contributed by atoms with van der Waals surface area (Å²) in [6.45, 7) is 3.69. The fourth-order valence-corrected chi connectivity index (χ4v) is 2.21. The number of pyridine rings is 1. The van der Waals surface area contributed by atoms with E-state index in [4.69, 9.17) is 4.42 Å². The molecule has 0 aliphatic carbocycles. The molecule has 0 saturated carbocycles. The number of hydrogen-bond acceptors (Lipinski definition) is 4. The topological polar surface area (TPSA) is 68.0 Å². The third-order valence-corrected chi connectivity index (χ3v) is 3.10. The molecule has 21 heavy (non-hydrogen) atoms. The number of oxazole rings is 1. The molecule has 0 aliphatic heterocycles. The standard InChI is InChI=1S/C16H15N3O2/c1-10-7-13(5-6-17-10)19-16(20)9-12-3-4-14-15(8-12)21-11(2)18-14/h3-8H,9H2,1-2H3,(H,17,19,20). The third-order valence-electron chi connectivity index (χ3n) is 3.10. The van der Waals surface area contributed by atoms with Crippen molar-refractivity contribution in [1.82, 2.24) is 9.97 Å². The minimum atomic E-state index is -0.0730. The van der Waals surface area contributed by atoms with Gasteiger partial charge in [0.2, 0.25) is 5.91 Å². The maximum Gasteiger partial charge on any atom is 0.228 e. The van der Waals surface area contributed by atoms with Crippen molar-refractivity contribution in [1.29, 1.82) is 0 Å². The average Bonchev–Trinajstić information content (AvgIpc) is 2.78. The Morgan fingerprint density at radius 3 is 2.90 bits per heavy atom. The number of nitrogens with one attached hydrogen (secondary N) is 1. The highest BCUT2D eigenvalue weighted by Gasteiger charge is 2.08. The van der Waals surface area contributed by atoms with E-state index < -0.39 is 0 Å². The second-order valence-corrected chi connectivity index (χ2v) is 4.95. The summed E-state index contributed by atoms with van der Waals surface area (Å²) >= 11 is 0. The Morgan fingerprint density at radius 2 is 2.10 bits per heavy atom. The Balaban J connectivity index is 1.73. The van der Waals surface area contributed by atoms with Crippen molar-refractivity contribution in [2.45, 2.75) is 20.3 Å². The van der Waals surface area contributed by atoms with Crippen LogP contribution in [0.15, 0.2) is 40.9 Å². The fourth-order valence-electron chi connectivity index (χ4n) is 2.21. The molecule has 0 aliphatic rings. The number of rotatable bonds is 3. The zero-order valence-corrected chi connectivity index (χ0v) is 11.9. The second kappa shape index (κ2) is 5.36. The van der Waals surface area contributed by atoms with Crippen molar-refractivity contribution >= 4 is 22.7 Å². The van der Waals surface area contributed by atoms with Crippen LogP contribution < -0.4 is 5.32 Å². The van der Waals surface area contributed by atoms with Crippen molar-refractivity contribution in [3.8, 4) is 0 Å². The molecular formula is C16H15N3O2. The lowest BCUT2D eigenvalue weighted by atomic mass is 10.1. The van der Waals surface area contributed by atoms with Gasteiger partial charge < -0.3 is 9.73 Å². The average molecular weight is 281 g/mol. The molecular weight excluding hydrogens is 266 g/mol. The van der Waals surface area contributed by atoms with Crippen LogP contribution in [0, 0.1) is 13.8 Å². The van der Waals surface area contributed by atoms with E-state index >= 15 is 0 Å². The highest BCUT2D eigenvalue weighted by atomic mass is 16.3. The number of benzene rings is 1. The Hall–Kier alpha value is -2.69. The zero-order chi connectivity index (χ0) is 14.8. The van der Waals surface area contributed by atoms with Gasteiger partial charge in [-0.1, -0.05) is 6.07 Å². The van der Waals surface area contributed by atoms with E-state index in [-0.39, 0.29) is 12.3 Å². The smallest absolute Gasteiger partial charge is 0.228 e. The molecule has 0 unspecified atom stereocenters. The Labute approximate surface area is 122 Å². The molecule has 5 nitrogen and oxygen atoms in total. The van der Waals surface area contributed by atoms with Crippen LogP contribution in [0.2, 0.25) is 0 Å². The molecule has 0 fully saturated rings. The number of nitrogens with zero attached hydrogens (tertiary/aromatic N) is 2. The van der Waals surface area contributed by atoms with Gasteiger partial charge in [0, 0.05) is 24.5 Å². The molecule has 1 amide bonds. The van der Waals surface area contributed by atoms with Crippen LogP contribution in [0.4, 0.5) is 5.69 Å².